The molecule has 0 N–H and O–H groups in total. The molecule has 1 aliphatic heterocycles. The van der Waals surface area contributed by atoms with Crippen LogP contribution in [0.25, 0.3) is 10.9 Å². The molecule has 0 saturated heterocycles. The molecule has 3 heteroatoms. The lowest BCUT2D eigenvalue weighted by Gasteiger charge is -2.10. The lowest BCUT2D eigenvalue weighted by atomic mass is 10.1. The Bertz CT molecular complexity index is 635. The molecule has 0 radical (unpaired) electrons. The quantitative estimate of drug-likeness (QED) is 0.665. The van der Waals surface area contributed by atoms with Crippen LogP contribution in [-0.2, 0) is 11.2 Å². The van der Waals surface area contributed by atoms with Crippen LogP contribution in [0.2, 0.25) is 0 Å². The first-order valence-corrected chi connectivity index (χ1v) is 8.39. The molecule has 0 amide bonds. The molecule has 0 unspecified atom stereocenters. The van der Waals surface area contributed by atoms with Crippen LogP contribution in [0.15, 0.2) is 41.7 Å². The van der Waals surface area contributed by atoms with Crippen molar-refractivity contribution in [2.24, 2.45) is 0 Å². The molecule has 1 aliphatic rings. The standard InChI is InChI=1S/C12H13N.C6H9FO.C2H6/c1-3-10-8-9(2)13-12-7-5-4-6-11(10)12;1-5-2-3-8-4-6(5)7;1-2/h4-8H,3H2,1-2H3;2-4H2,1H3;1-2H3. The average Bonchev–Trinajstić information content (AvgIpc) is 2.59. The molecule has 1 aromatic heterocycles. The lowest BCUT2D eigenvalue weighted by Crippen LogP contribution is -2.06. The van der Waals surface area contributed by atoms with E-state index in [-0.39, 0.29) is 12.4 Å². The van der Waals surface area contributed by atoms with E-state index in [1.807, 2.05) is 26.8 Å². The number of hydrogen-bond acceptors (Lipinski definition) is 2. The molecule has 0 saturated carbocycles. The first-order chi connectivity index (χ1) is 11.1. The second-order valence-electron chi connectivity index (χ2n) is 5.28. The Morgan fingerprint density at radius 1 is 1.17 bits per heavy atom. The van der Waals surface area contributed by atoms with E-state index in [1.165, 1.54) is 10.9 Å². The number of pyridine rings is 1. The van der Waals surface area contributed by atoms with E-state index in [9.17, 15) is 4.39 Å². The fraction of sp³-hybridized carbons (Fsp3) is 0.450. The molecular weight excluding hydrogens is 289 g/mol. The highest BCUT2D eigenvalue weighted by Crippen LogP contribution is 2.18. The monoisotopic (exact) mass is 317 g/mol. The number of fused-ring (bicyclic) bond motifs is 1. The number of aryl methyl sites for hydroxylation is 2. The first kappa shape index (κ1) is 19.3. The molecule has 23 heavy (non-hydrogen) atoms. The van der Waals surface area contributed by atoms with Crippen LogP contribution < -0.4 is 0 Å². The summed E-state index contributed by atoms with van der Waals surface area (Å²) in [6, 6.07) is 10.5. The third-order valence-corrected chi connectivity index (χ3v) is 3.62. The number of benzene rings is 1. The lowest BCUT2D eigenvalue weighted by molar-refractivity contribution is 0.129. The molecule has 126 valence electrons. The number of halogens is 1. The Morgan fingerprint density at radius 2 is 1.87 bits per heavy atom. The number of rotatable bonds is 1. The minimum absolute atomic E-state index is 0.0868. The zero-order chi connectivity index (χ0) is 17.2. The Hall–Kier alpha value is -1.74. The average molecular weight is 317 g/mol. The van der Waals surface area contributed by atoms with Gasteiger partial charge in [-0.3, -0.25) is 4.98 Å². The third-order valence-electron chi connectivity index (χ3n) is 3.62. The molecule has 0 atom stereocenters. The number of para-hydroxylation sites is 1. The van der Waals surface area contributed by atoms with Crippen molar-refractivity contribution in [2.75, 3.05) is 13.2 Å². The van der Waals surface area contributed by atoms with Crippen LogP contribution in [0.3, 0.4) is 0 Å². The minimum Gasteiger partial charge on any atom is -0.374 e. The summed E-state index contributed by atoms with van der Waals surface area (Å²) in [7, 11) is 0. The molecule has 0 bridgehead atoms. The van der Waals surface area contributed by atoms with E-state index >= 15 is 0 Å². The van der Waals surface area contributed by atoms with Gasteiger partial charge in [0, 0.05) is 11.1 Å². The predicted molar refractivity (Wildman–Crippen MR) is 96.5 cm³/mol. The highest BCUT2D eigenvalue weighted by molar-refractivity contribution is 5.82. The Labute approximate surface area is 139 Å². The van der Waals surface area contributed by atoms with Crippen LogP contribution in [0.5, 0.6) is 0 Å². The summed E-state index contributed by atoms with van der Waals surface area (Å²) in [5.74, 6) is -0.0868. The topological polar surface area (TPSA) is 22.1 Å². The van der Waals surface area contributed by atoms with E-state index in [0.29, 0.717) is 6.61 Å². The summed E-state index contributed by atoms with van der Waals surface area (Å²) >= 11 is 0. The fourth-order valence-corrected chi connectivity index (χ4v) is 2.33. The van der Waals surface area contributed by atoms with Crippen molar-refractivity contribution in [3.8, 4) is 0 Å². The van der Waals surface area contributed by atoms with Crippen molar-refractivity contribution in [2.45, 2.75) is 47.5 Å². The maximum Gasteiger partial charge on any atom is 0.125 e. The maximum atomic E-state index is 12.3. The van der Waals surface area contributed by atoms with E-state index in [2.05, 4.69) is 36.2 Å². The van der Waals surface area contributed by atoms with E-state index in [1.54, 1.807) is 6.92 Å². The summed E-state index contributed by atoms with van der Waals surface area (Å²) in [6.07, 6.45) is 1.83. The Morgan fingerprint density at radius 3 is 2.43 bits per heavy atom. The van der Waals surface area contributed by atoms with Gasteiger partial charge in [0.05, 0.1) is 18.7 Å². The maximum absolute atomic E-state index is 12.3. The zero-order valence-electron chi connectivity index (χ0n) is 14.9. The minimum atomic E-state index is -0.0868. The van der Waals surface area contributed by atoms with Gasteiger partial charge in [-0.2, -0.15) is 0 Å². The van der Waals surface area contributed by atoms with E-state index < -0.39 is 0 Å². The van der Waals surface area contributed by atoms with Gasteiger partial charge in [0.25, 0.3) is 0 Å². The smallest absolute Gasteiger partial charge is 0.125 e. The zero-order valence-corrected chi connectivity index (χ0v) is 14.9. The van der Waals surface area contributed by atoms with Gasteiger partial charge in [-0.25, -0.2) is 4.39 Å². The number of aromatic nitrogens is 1. The van der Waals surface area contributed by atoms with Crippen LogP contribution in [-0.4, -0.2) is 18.2 Å². The molecule has 2 heterocycles. The summed E-state index contributed by atoms with van der Waals surface area (Å²) in [4.78, 5) is 4.48. The largest absolute Gasteiger partial charge is 0.374 e. The molecule has 0 spiro atoms. The van der Waals surface area contributed by atoms with Crippen molar-refractivity contribution >= 4 is 10.9 Å². The first-order valence-electron chi connectivity index (χ1n) is 8.39. The number of nitrogens with zero attached hydrogens (tertiary/aromatic N) is 1. The van der Waals surface area contributed by atoms with Gasteiger partial charge in [0.15, 0.2) is 0 Å². The highest BCUT2D eigenvalue weighted by atomic mass is 19.1. The fourth-order valence-electron chi connectivity index (χ4n) is 2.33. The third kappa shape index (κ3) is 5.76. The molecule has 2 aromatic rings. The van der Waals surface area contributed by atoms with Crippen LogP contribution in [0.1, 0.15) is 45.4 Å². The Kier molecular flexibility index (Phi) is 8.49. The van der Waals surface area contributed by atoms with Gasteiger partial charge in [0.2, 0.25) is 0 Å². The van der Waals surface area contributed by atoms with E-state index in [0.717, 1.165) is 29.6 Å². The SMILES string of the molecule is CC.CC1=C(F)COCC1.CCc1cc(C)nc2ccccc12. The van der Waals surface area contributed by atoms with E-state index in [4.69, 9.17) is 4.74 Å². The molecule has 1 aromatic carbocycles. The van der Waals surface area contributed by atoms with Gasteiger partial charge >= 0.3 is 0 Å². The second-order valence-corrected chi connectivity index (χ2v) is 5.28. The summed E-state index contributed by atoms with van der Waals surface area (Å²) < 4.78 is 17.2. The van der Waals surface area contributed by atoms with Crippen LogP contribution >= 0.6 is 0 Å². The predicted octanol–water partition coefficient (Wildman–Crippen LogP) is 5.78. The van der Waals surface area contributed by atoms with Crippen LogP contribution in [0.4, 0.5) is 4.39 Å². The molecule has 0 fully saturated rings. The van der Waals surface area contributed by atoms with Gasteiger partial charge < -0.3 is 4.74 Å². The molecular formula is C20H28FNO. The van der Waals surface area contributed by atoms with Crippen molar-refractivity contribution in [1.82, 2.24) is 4.98 Å². The van der Waals surface area contributed by atoms with Crippen molar-refractivity contribution < 1.29 is 9.13 Å². The number of ether oxygens (including phenoxy) is 1. The van der Waals surface area contributed by atoms with Crippen molar-refractivity contribution in [3.05, 3.63) is 53.0 Å². The van der Waals surface area contributed by atoms with Gasteiger partial charge in [-0.15, -0.1) is 0 Å². The van der Waals surface area contributed by atoms with Gasteiger partial charge in [-0.1, -0.05) is 39.0 Å². The summed E-state index contributed by atoms with van der Waals surface area (Å²) in [6.45, 7) is 10.9. The van der Waals surface area contributed by atoms with Crippen molar-refractivity contribution in [1.29, 1.82) is 0 Å². The number of hydrogen-bond donors (Lipinski definition) is 0. The molecule has 0 aliphatic carbocycles. The second kappa shape index (κ2) is 10.1. The highest BCUT2D eigenvalue weighted by Gasteiger charge is 2.06. The normalized spacial score (nSPS) is 13.8. The Balaban J connectivity index is 0.000000228. The van der Waals surface area contributed by atoms with Crippen molar-refractivity contribution in [3.63, 3.8) is 0 Å². The van der Waals surface area contributed by atoms with Gasteiger partial charge in [0.1, 0.15) is 5.83 Å². The van der Waals surface area contributed by atoms with Crippen LogP contribution in [0, 0.1) is 6.92 Å². The molecule has 2 nitrogen and oxygen atoms in total. The van der Waals surface area contributed by atoms with Gasteiger partial charge in [-0.05, 0) is 50.0 Å². The summed E-state index contributed by atoms with van der Waals surface area (Å²) in [5.41, 5.74) is 4.45. The summed E-state index contributed by atoms with van der Waals surface area (Å²) in [5, 5.41) is 1.29. The molecule has 3 rings (SSSR count).